The number of unbranched alkanes of at least 4 members (excludes halogenated alkanes) is 1. The molecule has 1 atom stereocenters. The van der Waals surface area contributed by atoms with Crippen molar-refractivity contribution in [2.75, 3.05) is 0 Å². The van der Waals surface area contributed by atoms with E-state index >= 15 is 0 Å². The molecule has 0 amide bonds. The minimum absolute atomic E-state index is 0.0310. The molecule has 1 unspecified atom stereocenters. The van der Waals surface area contributed by atoms with Gasteiger partial charge < -0.3 is 10.2 Å². The molecular weight excluding hydrogens is 208 g/mol. The SMILES string of the molecule is C=C(CC(CCCC)C(=C)C(=O)O)C(=O)O. The topological polar surface area (TPSA) is 74.6 Å². The number of carboxylic acids is 2. The molecule has 0 spiro atoms. The predicted octanol–water partition coefficient (Wildman–Crippen LogP) is 2.46. The van der Waals surface area contributed by atoms with Crippen LogP contribution in [0, 0.1) is 5.92 Å². The van der Waals surface area contributed by atoms with Crippen molar-refractivity contribution in [2.24, 2.45) is 5.92 Å². The molecule has 0 heterocycles. The Labute approximate surface area is 95.3 Å². The summed E-state index contributed by atoms with van der Waals surface area (Å²) in [4.78, 5) is 21.4. The first-order valence-corrected chi connectivity index (χ1v) is 5.23. The molecule has 0 aromatic rings. The average Bonchev–Trinajstić information content (AvgIpc) is 2.22. The zero-order chi connectivity index (χ0) is 12.7. The van der Waals surface area contributed by atoms with Crippen molar-refractivity contribution in [3.05, 3.63) is 24.3 Å². The molecule has 2 N–H and O–H groups in total. The highest BCUT2D eigenvalue weighted by molar-refractivity contribution is 5.88. The van der Waals surface area contributed by atoms with Gasteiger partial charge in [-0.2, -0.15) is 0 Å². The molecular formula is C12H18O4. The fourth-order valence-electron chi connectivity index (χ4n) is 1.41. The second-order valence-electron chi connectivity index (χ2n) is 3.78. The monoisotopic (exact) mass is 226 g/mol. The van der Waals surface area contributed by atoms with Crippen molar-refractivity contribution >= 4 is 11.9 Å². The highest BCUT2D eigenvalue weighted by atomic mass is 16.4. The molecule has 0 saturated heterocycles. The van der Waals surface area contributed by atoms with Gasteiger partial charge in [0.05, 0.1) is 0 Å². The molecule has 0 radical (unpaired) electrons. The lowest BCUT2D eigenvalue weighted by atomic mass is 9.88. The van der Waals surface area contributed by atoms with Gasteiger partial charge in [0.1, 0.15) is 0 Å². The first-order valence-electron chi connectivity index (χ1n) is 5.23. The first kappa shape index (κ1) is 14.4. The smallest absolute Gasteiger partial charge is 0.331 e. The molecule has 0 bridgehead atoms. The van der Waals surface area contributed by atoms with Crippen LogP contribution in [-0.4, -0.2) is 22.2 Å². The molecule has 4 heteroatoms. The van der Waals surface area contributed by atoms with Gasteiger partial charge in [0, 0.05) is 11.1 Å². The normalized spacial score (nSPS) is 11.8. The molecule has 0 aliphatic carbocycles. The summed E-state index contributed by atoms with van der Waals surface area (Å²) in [5.41, 5.74) is 0.0966. The average molecular weight is 226 g/mol. The van der Waals surface area contributed by atoms with E-state index in [0.29, 0.717) is 6.42 Å². The van der Waals surface area contributed by atoms with Crippen molar-refractivity contribution < 1.29 is 19.8 Å². The van der Waals surface area contributed by atoms with E-state index in [1.165, 1.54) is 0 Å². The molecule has 90 valence electrons. The maximum absolute atomic E-state index is 10.8. The standard InChI is InChI=1S/C12H18O4/c1-4-5-6-10(9(3)12(15)16)7-8(2)11(13)14/h10H,2-7H2,1H3,(H,13,14)(H,15,16). The number of rotatable bonds is 8. The first-order chi connectivity index (χ1) is 7.40. The Bertz CT molecular complexity index is 304. The van der Waals surface area contributed by atoms with E-state index in [4.69, 9.17) is 10.2 Å². The summed E-state index contributed by atoms with van der Waals surface area (Å²) >= 11 is 0. The third-order valence-electron chi connectivity index (χ3n) is 2.47. The summed E-state index contributed by atoms with van der Waals surface area (Å²) in [6.45, 7) is 8.89. The quantitative estimate of drug-likeness (QED) is 0.623. The van der Waals surface area contributed by atoms with Crippen LogP contribution in [0.5, 0.6) is 0 Å². The van der Waals surface area contributed by atoms with Crippen LogP contribution in [0.1, 0.15) is 32.6 Å². The van der Waals surface area contributed by atoms with E-state index in [0.717, 1.165) is 12.8 Å². The summed E-state index contributed by atoms with van der Waals surface area (Å²) in [6, 6.07) is 0. The lowest BCUT2D eigenvalue weighted by Gasteiger charge is -2.16. The molecule has 0 aromatic carbocycles. The van der Waals surface area contributed by atoms with Crippen molar-refractivity contribution in [3.63, 3.8) is 0 Å². The number of carbonyl (C=O) groups is 2. The Hall–Kier alpha value is -1.58. The van der Waals surface area contributed by atoms with Gasteiger partial charge in [-0.3, -0.25) is 0 Å². The number of carboxylic acid groups (broad SMARTS) is 2. The minimum atomic E-state index is -1.08. The maximum Gasteiger partial charge on any atom is 0.331 e. The zero-order valence-electron chi connectivity index (χ0n) is 9.53. The van der Waals surface area contributed by atoms with E-state index in [1.54, 1.807) is 0 Å². The molecule has 0 aliphatic heterocycles. The van der Waals surface area contributed by atoms with Gasteiger partial charge in [0.2, 0.25) is 0 Å². The van der Waals surface area contributed by atoms with E-state index in [1.807, 2.05) is 6.92 Å². The summed E-state index contributed by atoms with van der Waals surface area (Å²) in [5, 5.41) is 17.5. The Kier molecular flexibility index (Phi) is 6.15. The third kappa shape index (κ3) is 4.77. The van der Waals surface area contributed by atoms with Gasteiger partial charge >= 0.3 is 11.9 Å². The maximum atomic E-state index is 10.8. The van der Waals surface area contributed by atoms with Gasteiger partial charge in [0.15, 0.2) is 0 Å². The Balaban J connectivity index is 4.54. The van der Waals surface area contributed by atoms with E-state index in [9.17, 15) is 9.59 Å². The van der Waals surface area contributed by atoms with Crippen LogP contribution in [0.3, 0.4) is 0 Å². The van der Waals surface area contributed by atoms with Crippen LogP contribution in [0.2, 0.25) is 0 Å². The summed E-state index contributed by atoms with van der Waals surface area (Å²) in [6.07, 6.45) is 2.57. The van der Waals surface area contributed by atoms with E-state index < -0.39 is 11.9 Å². The largest absolute Gasteiger partial charge is 0.478 e. The van der Waals surface area contributed by atoms with Crippen LogP contribution in [0.15, 0.2) is 24.3 Å². The Morgan fingerprint density at radius 3 is 2.12 bits per heavy atom. The van der Waals surface area contributed by atoms with E-state index in [2.05, 4.69) is 13.2 Å². The van der Waals surface area contributed by atoms with Crippen molar-refractivity contribution in [1.82, 2.24) is 0 Å². The zero-order valence-corrected chi connectivity index (χ0v) is 9.53. The van der Waals surface area contributed by atoms with Gasteiger partial charge in [-0.05, 0) is 18.8 Å². The van der Waals surface area contributed by atoms with Gasteiger partial charge in [-0.25, -0.2) is 9.59 Å². The van der Waals surface area contributed by atoms with Crippen LogP contribution in [-0.2, 0) is 9.59 Å². The van der Waals surface area contributed by atoms with Gasteiger partial charge in [0.25, 0.3) is 0 Å². The lowest BCUT2D eigenvalue weighted by molar-refractivity contribution is -0.134. The minimum Gasteiger partial charge on any atom is -0.478 e. The molecule has 0 aromatic heterocycles. The summed E-state index contributed by atoms with van der Waals surface area (Å²) < 4.78 is 0. The molecule has 0 fully saturated rings. The highest BCUT2D eigenvalue weighted by Gasteiger charge is 2.20. The predicted molar refractivity (Wildman–Crippen MR) is 61.2 cm³/mol. The highest BCUT2D eigenvalue weighted by Crippen LogP contribution is 2.24. The van der Waals surface area contributed by atoms with Crippen molar-refractivity contribution in [1.29, 1.82) is 0 Å². The van der Waals surface area contributed by atoms with Crippen LogP contribution >= 0.6 is 0 Å². The fraction of sp³-hybridized carbons (Fsp3) is 0.500. The summed E-state index contributed by atoms with van der Waals surface area (Å²) in [5.74, 6) is -2.49. The summed E-state index contributed by atoms with van der Waals surface area (Å²) in [7, 11) is 0. The second-order valence-corrected chi connectivity index (χ2v) is 3.78. The molecule has 0 saturated carbocycles. The number of aliphatic carboxylic acids is 2. The van der Waals surface area contributed by atoms with Gasteiger partial charge in [-0.1, -0.05) is 32.9 Å². The molecule has 0 rings (SSSR count). The number of hydrogen-bond acceptors (Lipinski definition) is 2. The number of hydrogen-bond donors (Lipinski definition) is 2. The third-order valence-corrected chi connectivity index (χ3v) is 2.47. The van der Waals surface area contributed by atoms with Crippen LogP contribution in [0.25, 0.3) is 0 Å². The Morgan fingerprint density at radius 1 is 1.19 bits per heavy atom. The fourth-order valence-corrected chi connectivity index (χ4v) is 1.41. The molecule has 16 heavy (non-hydrogen) atoms. The van der Waals surface area contributed by atoms with Crippen molar-refractivity contribution in [3.8, 4) is 0 Å². The van der Waals surface area contributed by atoms with E-state index in [-0.39, 0.29) is 23.5 Å². The van der Waals surface area contributed by atoms with Gasteiger partial charge in [-0.15, -0.1) is 0 Å². The lowest BCUT2D eigenvalue weighted by Crippen LogP contribution is -2.15. The molecule has 4 nitrogen and oxygen atoms in total. The van der Waals surface area contributed by atoms with Crippen molar-refractivity contribution in [2.45, 2.75) is 32.6 Å². The van der Waals surface area contributed by atoms with Crippen LogP contribution in [0.4, 0.5) is 0 Å². The molecule has 0 aliphatic rings. The second kappa shape index (κ2) is 6.82. The van der Waals surface area contributed by atoms with Crippen LogP contribution < -0.4 is 0 Å². The Morgan fingerprint density at radius 2 is 1.75 bits per heavy atom.